The summed E-state index contributed by atoms with van der Waals surface area (Å²) in [5.74, 6) is -1.99. The summed E-state index contributed by atoms with van der Waals surface area (Å²) in [5, 5.41) is 0. The van der Waals surface area contributed by atoms with E-state index in [1.807, 2.05) is 0 Å². The van der Waals surface area contributed by atoms with Gasteiger partial charge < -0.3 is 9.30 Å². The van der Waals surface area contributed by atoms with Crippen molar-refractivity contribution in [2.75, 3.05) is 13.2 Å². The van der Waals surface area contributed by atoms with E-state index in [1.54, 1.807) is 19.9 Å². The van der Waals surface area contributed by atoms with Crippen LogP contribution in [-0.4, -0.2) is 23.6 Å². The molecule has 0 atom stereocenters. The Bertz CT molecular complexity index is 828. The molecule has 6 heteroatoms. The van der Waals surface area contributed by atoms with Crippen molar-refractivity contribution in [1.29, 1.82) is 0 Å². The molecule has 1 aromatic heterocycles. The average Bonchev–Trinajstić information content (AvgIpc) is 2.54. The highest BCUT2D eigenvalue weighted by atomic mass is 19.1. The van der Waals surface area contributed by atoms with Gasteiger partial charge >= 0.3 is 0 Å². The van der Waals surface area contributed by atoms with Crippen molar-refractivity contribution in [3.63, 3.8) is 0 Å². The fourth-order valence-corrected chi connectivity index (χ4v) is 2.40. The molecule has 0 radical (unpaired) electrons. The second-order valence-electron chi connectivity index (χ2n) is 5.58. The summed E-state index contributed by atoms with van der Waals surface area (Å²) < 4.78 is 34.6. The van der Waals surface area contributed by atoms with Crippen molar-refractivity contribution < 1.29 is 18.3 Å². The number of ketones is 1. The quantitative estimate of drug-likeness (QED) is 0.763. The summed E-state index contributed by atoms with van der Waals surface area (Å²) in [5.41, 5.74) is 0.0191. The van der Waals surface area contributed by atoms with Gasteiger partial charge in [0.1, 0.15) is 12.4 Å². The van der Waals surface area contributed by atoms with E-state index in [1.165, 1.54) is 25.4 Å². The van der Waals surface area contributed by atoms with E-state index >= 15 is 0 Å². The first kappa shape index (κ1) is 18.0. The highest BCUT2D eigenvalue weighted by Crippen LogP contribution is 2.19. The lowest BCUT2D eigenvalue weighted by Crippen LogP contribution is -2.26. The van der Waals surface area contributed by atoms with E-state index in [2.05, 4.69) is 0 Å². The van der Waals surface area contributed by atoms with Crippen LogP contribution < -0.4 is 5.56 Å². The second-order valence-corrected chi connectivity index (χ2v) is 5.58. The van der Waals surface area contributed by atoms with Gasteiger partial charge in [0.15, 0.2) is 11.6 Å². The van der Waals surface area contributed by atoms with Crippen LogP contribution in [0.1, 0.15) is 34.0 Å². The Balaban J connectivity index is 2.52. The smallest absolute Gasteiger partial charge is 0.286 e. The molecule has 0 bridgehead atoms. The number of rotatable bonds is 6. The normalized spacial score (nSPS) is 10.9. The van der Waals surface area contributed by atoms with Gasteiger partial charge in [-0.1, -0.05) is 12.1 Å². The molecule has 24 heavy (non-hydrogen) atoms. The van der Waals surface area contributed by atoms with E-state index < -0.39 is 23.0 Å². The van der Waals surface area contributed by atoms with Crippen molar-refractivity contribution in [2.24, 2.45) is 7.05 Å². The molecule has 1 heterocycles. The molecule has 0 N–H and O–H groups in total. The molecule has 2 aromatic rings. The molecule has 128 valence electrons. The van der Waals surface area contributed by atoms with Crippen LogP contribution >= 0.6 is 0 Å². The number of halogens is 2. The maximum Gasteiger partial charge on any atom is 0.286 e. The van der Waals surface area contributed by atoms with E-state index in [9.17, 15) is 18.4 Å². The third kappa shape index (κ3) is 3.76. The largest absolute Gasteiger partial charge is 0.374 e. The summed E-state index contributed by atoms with van der Waals surface area (Å²) in [4.78, 5) is 24.1. The molecule has 4 nitrogen and oxygen atoms in total. The van der Waals surface area contributed by atoms with Crippen LogP contribution in [0.3, 0.4) is 0 Å². The zero-order valence-corrected chi connectivity index (χ0v) is 13.9. The molecular formula is C18H19F2NO3. The third-order valence-electron chi connectivity index (χ3n) is 3.73. The first-order valence-corrected chi connectivity index (χ1v) is 7.59. The fourth-order valence-electron chi connectivity index (χ4n) is 2.40. The van der Waals surface area contributed by atoms with E-state index in [-0.39, 0.29) is 29.7 Å². The summed E-state index contributed by atoms with van der Waals surface area (Å²) in [6.07, 6.45) is 1.09. The van der Waals surface area contributed by atoms with E-state index in [0.717, 1.165) is 10.1 Å². The molecule has 0 spiro atoms. The lowest BCUT2D eigenvalue weighted by atomic mass is 9.97. The van der Waals surface area contributed by atoms with Gasteiger partial charge in [-0.05, 0) is 31.0 Å². The Morgan fingerprint density at radius 2 is 2.00 bits per heavy atom. The maximum atomic E-state index is 14.5. The van der Waals surface area contributed by atoms with Gasteiger partial charge in [0.25, 0.3) is 5.56 Å². The van der Waals surface area contributed by atoms with Gasteiger partial charge in [0, 0.05) is 37.4 Å². The molecule has 0 aliphatic carbocycles. The predicted octanol–water partition coefficient (Wildman–Crippen LogP) is 2.78. The van der Waals surface area contributed by atoms with Crippen LogP contribution in [0.5, 0.6) is 0 Å². The molecule has 0 fully saturated rings. The molecule has 1 aromatic carbocycles. The molecule has 0 amide bonds. The lowest BCUT2D eigenvalue weighted by Gasteiger charge is -2.13. The van der Waals surface area contributed by atoms with Crippen LogP contribution in [0.2, 0.25) is 0 Å². The van der Waals surface area contributed by atoms with Crippen LogP contribution in [-0.2, 0) is 18.2 Å². The minimum Gasteiger partial charge on any atom is -0.374 e. The zero-order valence-electron chi connectivity index (χ0n) is 13.9. The molecule has 0 aliphatic heterocycles. The van der Waals surface area contributed by atoms with Crippen molar-refractivity contribution in [3.05, 3.63) is 68.6 Å². The number of hydrogen-bond donors (Lipinski definition) is 0. The number of aromatic nitrogens is 1. The standard InChI is InChI=1S/C18H19F2NO3/c1-4-24-10-16(22)14-9-21(3)18(23)17(20)13(14)8-12-6-5-11(2)7-15(12)19/h5-7,9H,4,8,10H2,1-3H3. The molecule has 2 rings (SSSR count). The molecule has 0 saturated heterocycles. The fraction of sp³-hybridized carbons (Fsp3) is 0.333. The predicted molar refractivity (Wildman–Crippen MR) is 86.4 cm³/mol. The average molecular weight is 335 g/mol. The number of carbonyl (C=O) groups is 1. The number of benzene rings is 1. The minimum atomic E-state index is -1.04. The summed E-state index contributed by atoms with van der Waals surface area (Å²) >= 11 is 0. The van der Waals surface area contributed by atoms with Gasteiger partial charge in [-0.2, -0.15) is 0 Å². The first-order valence-electron chi connectivity index (χ1n) is 7.59. The van der Waals surface area contributed by atoms with Crippen molar-refractivity contribution in [2.45, 2.75) is 20.3 Å². The Morgan fingerprint density at radius 1 is 1.29 bits per heavy atom. The van der Waals surface area contributed by atoms with Gasteiger partial charge in [-0.3, -0.25) is 9.59 Å². The summed E-state index contributed by atoms with van der Waals surface area (Å²) in [6, 6.07) is 4.55. The minimum absolute atomic E-state index is 0.0306. The molecule has 0 unspecified atom stereocenters. The monoisotopic (exact) mass is 335 g/mol. The zero-order chi connectivity index (χ0) is 17.9. The van der Waals surface area contributed by atoms with Gasteiger partial charge in [0.2, 0.25) is 0 Å². The van der Waals surface area contributed by atoms with Gasteiger partial charge in [-0.15, -0.1) is 0 Å². The SMILES string of the molecule is CCOCC(=O)c1cn(C)c(=O)c(F)c1Cc1ccc(C)cc1F. The van der Waals surface area contributed by atoms with Crippen molar-refractivity contribution in [3.8, 4) is 0 Å². The second kappa shape index (κ2) is 7.49. The lowest BCUT2D eigenvalue weighted by molar-refractivity contribution is 0.0781. The van der Waals surface area contributed by atoms with Crippen LogP contribution in [0, 0.1) is 18.6 Å². The maximum absolute atomic E-state index is 14.5. The highest BCUT2D eigenvalue weighted by molar-refractivity contribution is 5.98. The molecule has 0 saturated carbocycles. The molecule has 0 aliphatic rings. The number of Topliss-reactive ketones (excluding diaryl/α,β-unsaturated/α-hetero) is 1. The van der Waals surface area contributed by atoms with E-state index in [4.69, 9.17) is 4.74 Å². The van der Waals surface area contributed by atoms with Crippen molar-refractivity contribution >= 4 is 5.78 Å². The Labute approximate surface area is 138 Å². The third-order valence-corrected chi connectivity index (χ3v) is 3.73. The highest BCUT2D eigenvalue weighted by Gasteiger charge is 2.21. The van der Waals surface area contributed by atoms with Crippen LogP contribution in [0.15, 0.2) is 29.2 Å². The number of ether oxygens (including phenoxy) is 1. The Hall–Kier alpha value is -2.34. The Morgan fingerprint density at radius 3 is 2.62 bits per heavy atom. The summed E-state index contributed by atoms with van der Waals surface area (Å²) in [7, 11) is 1.36. The van der Waals surface area contributed by atoms with Crippen LogP contribution in [0.25, 0.3) is 0 Å². The number of hydrogen-bond acceptors (Lipinski definition) is 3. The molecular weight excluding hydrogens is 316 g/mol. The number of nitrogens with zero attached hydrogens (tertiary/aromatic N) is 1. The van der Waals surface area contributed by atoms with Crippen molar-refractivity contribution in [1.82, 2.24) is 4.57 Å². The topological polar surface area (TPSA) is 48.3 Å². The number of carbonyl (C=O) groups excluding carboxylic acids is 1. The van der Waals surface area contributed by atoms with Gasteiger partial charge in [0.05, 0.1) is 0 Å². The number of aryl methyl sites for hydroxylation is 2. The van der Waals surface area contributed by atoms with Gasteiger partial charge in [-0.25, -0.2) is 8.78 Å². The Kier molecular flexibility index (Phi) is 5.62. The number of pyridine rings is 1. The first-order chi connectivity index (χ1) is 11.3. The van der Waals surface area contributed by atoms with Crippen LogP contribution in [0.4, 0.5) is 8.78 Å². The summed E-state index contributed by atoms with van der Waals surface area (Å²) in [6.45, 7) is 3.58. The van der Waals surface area contributed by atoms with E-state index in [0.29, 0.717) is 6.61 Å².